The molecule has 6 nitrogen and oxygen atoms in total. The van der Waals surface area contributed by atoms with E-state index >= 15 is 0 Å². The molecule has 0 atom stereocenters. The molecule has 0 aromatic carbocycles. The van der Waals surface area contributed by atoms with Gasteiger partial charge in [-0.3, -0.25) is 4.72 Å². The molecular formula is C15H23BN2O4S. The minimum atomic E-state index is -3.42. The Hall–Kier alpha value is -1.12. The zero-order chi connectivity index (χ0) is 17.1. The van der Waals surface area contributed by atoms with Crippen molar-refractivity contribution >= 4 is 28.4 Å². The number of nitrogens with one attached hydrogen (secondary N) is 1. The van der Waals surface area contributed by atoms with Gasteiger partial charge in [0.05, 0.1) is 15.9 Å². The summed E-state index contributed by atoms with van der Waals surface area (Å²) in [6, 6.07) is 3.45. The van der Waals surface area contributed by atoms with Crippen molar-refractivity contribution in [3.8, 4) is 0 Å². The highest BCUT2D eigenvalue weighted by atomic mass is 32.2. The fraction of sp³-hybridized carbons (Fsp3) is 0.667. The lowest BCUT2D eigenvalue weighted by molar-refractivity contribution is 0.00578. The molecule has 0 bridgehead atoms. The van der Waals surface area contributed by atoms with Crippen molar-refractivity contribution < 1.29 is 17.7 Å². The molecule has 1 saturated heterocycles. The molecule has 0 amide bonds. The monoisotopic (exact) mass is 338 g/mol. The summed E-state index contributed by atoms with van der Waals surface area (Å²) in [6.45, 7) is 9.66. The Morgan fingerprint density at radius 2 is 1.70 bits per heavy atom. The third-order valence-corrected chi connectivity index (χ3v) is 7.33. The van der Waals surface area contributed by atoms with Crippen molar-refractivity contribution in [3.05, 3.63) is 18.3 Å². The van der Waals surface area contributed by atoms with E-state index in [-0.39, 0.29) is 0 Å². The molecule has 3 rings (SSSR count). The number of hydrogen-bond acceptors (Lipinski definition) is 5. The molecule has 1 N–H and O–H groups in total. The van der Waals surface area contributed by atoms with Gasteiger partial charge in [-0.15, -0.1) is 0 Å². The molecule has 23 heavy (non-hydrogen) atoms. The molecule has 0 radical (unpaired) electrons. The standard InChI is InChI=1S/C15H23BN2O4S/c1-13(2)14(3,4)22-16(21-13)11-6-9-17-12(10-11)18-23(19,20)15(5)7-8-15/h6,9-10H,7-8H2,1-5H3,(H,17,18). The number of hydrogen-bond donors (Lipinski definition) is 1. The number of sulfonamides is 1. The maximum atomic E-state index is 12.3. The maximum Gasteiger partial charge on any atom is 0.495 e. The summed E-state index contributed by atoms with van der Waals surface area (Å²) in [7, 11) is -3.96. The van der Waals surface area contributed by atoms with E-state index in [1.165, 1.54) is 0 Å². The van der Waals surface area contributed by atoms with Gasteiger partial charge < -0.3 is 9.31 Å². The molecule has 2 heterocycles. The summed E-state index contributed by atoms with van der Waals surface area (Å²) < 4.78 is 38.5. The average molecular weight is 338 g/mol. The van der Waals surface area contributed by atoms with Crippen LogP contribution in [-0.4, -0.2) is 36.5 Å². The second kappa shape index (κ2) is 4.94. The van der Waals surface area contributed by atoms with E-state index < -0.39 is 33.1 Å². The molecule has 1 aliphatic heterocycles. The molecule has 1 aromatic heterocycles. The van der Waals surface area contributed by atoms with E-state index in [1.54, 1.807) is 25.3 Å². The quantitative estimate of drug-likeness (QED) is 0.845. The van der Waals surface area contributed by atoms with Crippen LogP contribution in [0.15, 0.2) is 18.3 Å². The van der Waals surface area contributed by atoms with Gasteiger partial charge in [0, 0.05) is 6.20 Å². The van der Waals surface area contributed by atoms with E-state index in [4.69, 9.17) is 9.31 Å². The van der Waals surface area contributed by atoms with Crippen LogP contribution < -0.4 is 10.2 Å². The van der Waals surface area contributed by atoms with Gasteiger partial charge in [-0.1, -0.05) is 0 Å². The Kier molecular flexibility index (Phi) is 3.59. The van der Waals surface area contributed by atoms with Gasteiger partial charge in [-0.05, 0) is 65.1 Å². The summed E-state index contributed by atoms with van der Waals surface area (Å²) in [5, 5.41) is 0. The Morgan fingerprint density at radius 3 is 2.22 bits per heavy atom. The minimum Gasteiger partial charge on any atom is -0.399 e. The maximum absolute atomic E-state index is 12.3. The van der Waals surface area contributed by atoms with Crippen LogP contribution in [0.1, 0.15) is 47.5 Å². The van der Waals surface area contributed by atoms with Crippen LogP contribution in [0, 0.1) is 0 Å². The fourth-order valence-corrected chi connectivity index (χ4v) is 3.61. The lowest BCUT2D eigenvalue weighted by atomic mass is 9.80. The van der Waals surface area contributed by atoms with Crippen LogP contribution in [-0.2, 0) is 19.3 Å². The normalized spacial score (nSPS) is 24.5. The third-order valence-electron chi connectivity index (χ3n) is 5.15. The first-order valence-electron chi connectivity index (χ1n) is 7.80. The van der Waals surface area contributed by atoms with Crippen molar-refractivity contribution in [2.45, 2.75) is 63.4 Å². The average Bonchev–Trinajstić information content (AvgIpc) is 3.12. The van der Waals surface area contributed by atoms with Crippen LogP contribution in [0.5, 0.6) is 0 Å². The zero-order valence-corrected chi connectivity index (χ0v) is 15.0. The van der Waals surface area contributed by atoms with Crippen molar-refractivity contribution in [2.24, 2.45) is 0 Å². The summed E-state index contributed by atoms with van der Waals surface area (Å²) in [5.74, 6) is 0.297. The van der Waals surface area contributed by atoms with Gasteiger partial charge in [-0.25, -0.2) is 13.4 Å². The molecule has 2 fully saturated rings. The van der Waals surface area contributed by atoms with E-state index in [1.807, 2.05) is 27.7 Å². The first-order chi connectivity index (χ1) is 10.5. The van der Waals surface area contributed by atoms with Crippen molar-refractivity contribution in [1.29, 1.82) is 0 Å². The second-order valence-corrected chi connectivity index (χ2v) is 9.81. The van der Waals surface area contributed by atoms with E-state index in [0.29, 0.717) is 18.7 Å². The van der Waals surface area contributed by atoms with Crippen LogP contribution in [0.3, 0.4) is 0 Å². The second-order valence-electron chi connectivity index (χ2n) is 7.62. The van der Waals surface area contributed by atoms with Crippen LogP contribution in [0.4, 0.5) is 5.82 Å². The fourth-order valence-electron chi connectivity index (χ4n) is 2.33. The summed E-state index contributed by atoms with van der Waals surface area (Å²) in [6.07, 6.45) is 2.92. The molecular weight excluding hydrogens is 315 g/mol. The van der Waals surface area contributed by atoms with Gasteiger partial charge in [0.25, 0.3) is 0 Å². The first kappa shape index (κ1) is 16.7. The Balaban J connectivity index is 1.82. The van der Waals surface area contributed by atoms with Gasteiger partial charge in [0.2, 0.25) is 10.0 Å². The van der Waals surface area contributed by atoms with E-state index in [2.05, 4.69) is 9.71 Å². The predicted molar refractivity (Wildman–Crippen MR) is 90.1 cm³/mol. The highest BCUT2D eigenvalue weighted by molar-refractivity contribution is 7.94. The minimum absolute atomic E-state index is 0.297. The highest BCUT2D eigenvalue weighted by Gasteiger charge is 2.52. The third kappa shape index (κ3) is 2.88. The van der Waals surface area contributed by atoms with Gasteiger partial charge in [0.15, 0.2) is 0 Å². The molecule has 0 unspecified atom stereocenters. The van der Waals surface area contributed by atoms with Crippen molar-refractivity contribution in [1.82, 2.24) is 4.98 Å². The molecule has 1 aliphatic carbocycles. The highest BCUT2D eigenvalue weighted by Crippen LogP contribution is 2.43. The topological polar surface area (TPSA) is 77.5 Å². The molecule has 1 saturated carbocycles. The Bertz CT molecular complexity index is 713. The lowest BCUT2D eigenvalue weighted by Crippen LogP contribution is -2.41. The first-order valence-corrected chi connectivity index (χ1v) is 9.28. The van der Waals surface area contributed by atoms with Crippen molar-refractivity contribution in [2.75, 3.05) is 4.72 Å². The Morgan fingerprint density at radius 1 is 1.13 bits per heavy atom. The van der Waals surface area contributed by atoms with Gasteiger partial charge in [-0.2, -0.15) is 0 Å². The Labute approximate surface area is 138 Å². The molecule has 8 heteroatoms. The molecule has 0 spiro atoms. The molecule has 2 aliphatic rings. The van der Waals surface area contributed by atoms with Crippen LogP contribution in [0.25, 0.3) is 0 Å². The summed E-state index contributed by atoms with van der Waals surface area (Å²) in [4.78, 5) is 4.11. The largest absolute Gasteiger partial charge is 0.495 e. The summed E-state index contributed by atoms with van der Waals surface area (Å²) in [5.41, 5.74) is -0.137. The predicted octanol–water partition coefficient (Wildman–Crippen LogP) is 1.67. The zero-order valence-electron chi connectivity index (χ0n) is 14.2. The van der Waals surface area contributed by atoms with Crippen LogP contribution in [0.2, 0.25) is 0 Å². The number of anilines is 1. The van der Waals surface area contributed by atoms with Crippen LogP contribution >= 0.6 is 0 Å². The van der Waals surface area contributed by atoms with Gasteiger partial charge >= 0.3 is 7.12 Å². The SMILES string of the molecule is CC1(C)OB(c2ccnc(NS(=O)(=O)C3(C)CC3)c2)OC1(C)C. The van der Waals surface area contributed by atoms with E-state index in [0.717, 1.165) is 5.46 Å². The number of nitrogens with zero attached hydrogens (tertiary/aromatic N) is 1. The lowest BCUT2D eigenvalue weighted by Gasteiger charge is -2.32. The number of rotatable bonds is 4. The summed E-state index contributed by atoms with van der Waals surface area (Å²) >= 11 is 0. The number of aromatic nitrogens is 1. The van der Waals surface area contributed by atoms with Crippen molar-refractivity contribution in [3.63, 3.8) is 0 Å². The number of pyridine rings is 1. The van der Waals surface area contributed by atoms with Gasteiger partial charge in [0.1, 0.15) is 5.82 Å². The molecule has 1 aromatic rings. The molecule has 126 valence electrons. The van der Waals surface area contributed by atoms with E-state index in [9.17, 15) is 8.42 Å². The smallest absolute Gasteiger partial charge is 0.399 e.